The van der Waals surface area contributed by atoms with E-state index in [-0.39, 0.29) is 5.60 Å². The third-order valence-electron chi connectivity index (χ3n) is 2.47. The Kier molecular flexibility index (Phi) is 2.36. The summed E-state index contributed by atoms with van der Waals surface area (Å²) in [7, 11) is 1.78. The summed E-state index contributed by atoms with van der Waals surface area (Å²) in [6.45, 7) is 5.22. The number of rotatable bonds is 3. The van der Waals surface area contributed by atoms with Gasteiger partial charge in [0.1, 0.15) is 0 Å². The lowest BCUT2D eigenvalue weighted by atomic mass is 9.97. The van der Waals surface area contributed by atoms with Crippen LogP contribution in [-0.4, -0.2) is 35.7 Å². The van der Waals surface area contributed by atoms with Crippen LogP contribution in [0.3, 0.4) is 0 Å². The second-order valence-electron chi connectivity index (χ2n) is 3.77. The fourth-order valence-corrected chi connectivity index (χ4v) is 2.32. The van der Waals surface area contributed by atoms with Gasteiger partial charge < -0.3 is 4.74 Å². The van der Waals surface area contributed by atoms with Crippen LogP contribution in [0.2, 0.25) is 0 Å². The van der Waals surface area contributed by atoms with E-state index in [1.165, 1.54) is 4.88 Å². The van der Waals surface area contributed by atoms with E-state index in [1.807, 2.05) is 11.7 Å². The number of aromatic nitrogens is 1. The molecule has 1 aliphatic rings. The topological polar surface area (TPSA) is 25.4 Å². The first-order valence-corrected chi connectivity index (χ1v) is 5.25. The standard InChI is InChI=1S/C9H14N2OS/c1-9(12-2)5-11(6-9)4-8-3-10-7-13-8/h3,7H,4-6H2,1-2H3. The normalized spacial score (nSPS) is 21.4. The van der Waals surface area contributed by atoms with Gasteiger partial charge in [-0.1, -0.05) is 0 Å². The van der Waals surface area contributed by atoms with Crippen molar-refractivity contribution in [3.8, 4) is 0 Å². The summed E-state index contributed by atoms with van der Waals surface area (Å²) in [5.41, 5.74) is 1.97. The highest BCUT2D eigenvalue weighted by atomic mass is 32.1. The quantitative estimate of drug-likeness (QED) is 0.733. The number of likely N-dealkylation sites (tertiary alicyclic amines) is 1. The van der Waals surface area contributed by atoms with E-state index in [4.69, 9.17) is 4.74 Å². The minimum Gasteiger partial charge on any atom is -0.376 e. The molecule has 0 N–H and O–H groups in total. The minimum absolute atomic E-state index is 0.0880. The van der Waals surface area contributed by atoms with Gasteiger partial charge >= 0.3 is 0 Å². The zero-order chi connectivity index (χ0) is 9.31. The van der Waals surface area contributed by atoms with Crippen LogP contribution < -0.4 is 0 Å². The van der Waals surface area contributed by atoms with Crippen LogP contribution in [0.5, 0.6) is 0 Å². The summed E-state index contributed by atoms with van der Waals surface area (Å²) in [6.07, 6.45) is 1.94. The Labute approximate surface area is 82.3 Å². The Bertz CT molecular complexity index is 267. The molecule has 4 heteroatoms. The van der Waals surface area contributed by atoms with Gasteiger partial charge in [-0.3, -0.25) is 9.88 Å². The van der Waals surface area contributed by atoms with Gasteiger partial charge in [0, 0.05) is 37.8 Å². The molecule has 1 saturated heterocycles. The summed E-state index contributed by atoms with van der Waals surface area (Å²) in [5, 5.41) is 0. The van der Waals surface area contributed by atoms with Crippen LogP contribution in [0.15, 0.2) is 11.7 Å². The van der Waals surface area contributed by atoms with E-state index in [2.05, 4.69) is 16.8 Å². The first kappa shape index (κ1) is 9.12. The summed E-state index contributed by atoms with van der Waals surface area (Å²) in [5.74, 6) is 0. The Balaban J connectivity index is 1.82. The lowest BCUT2D eigenvalue weighted by molar-refractivity contribution is -0.114. The summed E-state index contributed by atoms with van der Waals surface area (Å²) in [4.78, 5) is 7.75. The van der Waals surface area contributed by atoms with Crippen LogP contribution in [-0.2, 0) is 11.3 Å². The Morgan fingerprint density at radius 3 is 3.00 bits per heavy atom. The van der Waals surface area contributed by atoms with Gasteiger partial charge in [0.15, 0.2) is 0 Å². The van der Waals surface area contributed by atoms with Gasteiger partial charge in [-0.15, -0.1) is 11.3 Å². The maximum atomic E-state index is 5.37. The molecule has 0 bridgehead atoms. The number of hydrogen-bond donors (Lipinski definition) is 0. The number of methoxy groups -OCH3 is 1. The summed E-state index contributed by atoms with van der Waals surface area (Å²) >= 11 is 1.71. The van der Waals surface area contributed by atoms with Crippen LogP contribution in [0.1, 0.15) is 11.8 Å². The largest absolute Gasteiger partial charge is 0.376 e. The lowest BCUT2D eigenvalue weighted by Gasteiger charge is -2.46. The molecule has 13 heavy (non-hydrogen) atoms. The number of thiazole rings is 1. The molecule has 1 aromatic heterocycles. The molecule has 1 aliphatic heterocycles. The number of hydrogen-bond acceptors (Lipinski definition) is 4. The van der Waals surface area contributed by atoms with E-state index in [9.17, 15) is 0 Å². The second kappa shape index (κ2) is 3.36. The van der Waals surface area contributed by atoms with Crippen LogP contribution >= 0.6 is 11.3 Å². The van der Waals surface area contributed by atoms with Crippen molar-refractivity contribution in [3.63, 3.8) is 0 Å². The predicted octanol–water partition coefficient (Wildman–Crippen LogP) is 1.36. The Hall–Kier alpha value is -0.450. The summed E-state index contributed by atoms with van der Waals surface area (Å²) in [6, 6.07) is 0. The molecule has 0 unspecified atom stereocenters. The number of ether oxygens (including phenoxy) is 1. The van der Waals surface area contributed by atoms with Gasteiger partial charge in [-0.2, -0.15) is 0 Å². The average Bonchev–Trinajstić information content (AvgIpc) is 2.54. The highest BCUT2D eigenvalue weighted by molar-refractivity contribution is 7.09. The molecule has 0 spiro atoms. The van der Waals surface area contributed by atoms with Crippen molar-refractivity contribution in [2.75, 3.05) is 20.2 Å². The average molecular weight is 198 g/mol. The highest BCUT2D eigenvalue weighted by Gasteiger charge is 2.38. The van der Waals surface area contributed by atoms with Crippen molar-refractivity contribution in [3.05, 3.63) is 16.6 Å². The smallest absolute Gasteiger partial charge is 0.0903 e. The minimum atomic E-state index is 0.0880. The van der Waals surface area contributed by atoms with Crippen LogP contribution in [0.25, 0.3) is 0 Å². The third-order valence-corrected chi connectivity index (χ3v) is 3.24. The molecule has 0 aliphatic carbocycles. The van der Waals surface area contributed by atoms with Crippen LogP contribution in [0, 0.1) is 0 Å². The highest BCUT2D eigenvalue weighted by Crippen LogP contribution is 2.25. The Morgan fingerprint density at radius 2 is 2.46 bits per heavy atom. The van der Waals surface area contributed by atoms with Gasteiger partial charge in [-0.05, 0) is 6.92 Å². The van der Waals surface area contributed by atoms with Gasteiger partial charge in [0.25, 0.3) is 0 Å². The SMILES string of the molecule is COC1(C)CN(Cc2cncs2)C1. The fraction of sp³-hybridized carbons (Fsp3) is 0.667. The molecule has 0 amide bonds. The summed E-state index contributed by atoms with van der Waals surface area (Å²) < 4.78 is 5.37. The van der Waals surface area contributed by atoms with E-state index < -0.39 is 0 Å². The van der Waals surface area contributed by atoms with E-state index in [0.717, 1.165) is 19.6 Å². The molecule has 2 rings (SSSR count). The van der Waals surface area contributed by atoms with Crippen molar-refractivity contribution in [2.24, 2.45) is 0 Å². The molecule has 0 aromatic carbocycles. The molecular weight excluding hydrogens is 184 g/mol. The molecule has 0 radical (unpaired) electrons. The molecule has 0 saturated carbocycles. The van der Waals surface area contributed by atoms with E-state index >= 15 is 0 Å². The monoisotopic (exact) mass is 198 g/mol. The molecule has 1 fully saturated rings. The molecular formula is C9H14N2OS. The Morgan fingerprint density at radius 1 is 1.69 bits per heavy atom. The van der Waals surface area contributed by atoms with Gasteiger partial charge in [0.2, 0.25) is 0 Å². The number of nitrogens with zero attached hydrogens (tertiary/aromatic N) is 2. The second-order valence-corrected chi connectivity index (χ2v) is 4.74. The lowest BCUT2D eigenvalue weighted by Crippen LogP contribution is -2.60. The first-order valence-electron chi connectivity index (χ1n) is 4.37. The molecule has 2 heterocycles. The first-order chi connectivity index (χ1) is 6.22. The van der Waals surface area contributed by atoms with Crippen LogP contribution in [0.4, 0.5) is 0 Å². The molecule has 3 nitrogen and oxygen atoms in total. The van der Waals surface area contributed by atoms with E-state index in [0.29, 0.717) is 0 Å². The van der Waals surface area contributed by atoms with Crippen molar-refractivity contribution in [1.29, 1.82) is 0 Å². The van der Waals surface area contributed by atoms with Gasteiger partial charge in [-0.25, -0.2) is 0 Å². The molecule has 0 atom stereocenters. The third kappa shape index (κ3) is 1.90. The maximum absolute atomic E-state index is 5.37. The molecule has 72 valence electrons. The zero-order valence-corrected chi connectivity index (χ0v) is 8.80. The maximum Gasteiger partial charge on any atom is 0.0903 e. The van der Waals surface area contributed by atoms with E-state index in [1.54, 1.807) is 18.4 Å². The van der Waals surface area contributed by atoms with Crippen molar-refractivity contribution in [2.45, 2.75) is 19.1 Å². The van der Waals surface area contributed by atoms with Crippen molar-refractivity contribution < 1.29 is 4.74 Å². The predicted molar refractivity (Wildman–Crippen MR) is 52.8 cm³/mol. The van der Waals surface area contributed by atoms with Crippen molar-refractivity contribution in [1.82, 2.24) is 9.88 Å². The van der Waals surface area contributed by atoms with Gasteiger partial charge in [0.05, 0.1) is 11.1 Å². The fourth-order valence-electron chi connectivity index (χ4n) is 1.68. The van der Waals surface area contributed by atoms with Crippen molar-refractivity contribution >= 4 is 11.3 Å². The zero-order valence-electron chi connectivity index (χ0n) is 7.99. The molecule has 1 aromatic rings.